The van der Waals surface area contributed by atoms with E-state index in [0.29, 0.717) is 31.1 Å². The highest BCUT2D eigenvalue weighted by atomic mass is 79.9. The van der Waals surface area contributed by atoms with Crippen LogP contribution in [0, 0.1) is 0 Å². The predicted octanol–water partition coefficient (Wildman–Crippen LogP) is 2.98. The lowest BCUT2D eigenvalue weighted by atomic mass is 10.1. The van der Waals surface area contributed by atoms with E-state index in [2.05, 4.69) is 26.1 Å². The molecule has 1 aromatic rings. The normalized spacial score (nSPS) is 21.8. The Labute approximate surface area is 176 Å². The van der Waals surface area contributed by atoms with Crippen molar-refractivity contribution in [2.75, 3.05) is 26.2 Å². The Morgan fingerprint density at radius 3 is 2.36 bits per heavy atom. The van der Waals surface area contributed by atoms with Crippen LogP contribution in [0.15, 0.2) is 33.6 Å². The van der Waals surface area contributed by atoms with E-state index < -0.39 is 10.0 Å². The Kier molecular flexibility index (Phi) is 7.53. The molecule has 1 heterocycles. The monoisotopic (exact) mass is 471 g/mol. The third-order valence-electron chi connectivity index (χ3n) is 5.84. The summed E-state index contributed by atoms with van der Waals surface area (Å²) in [5, 5.41) is 3.21. The van der Waals surface area contributed by atoms with Crippen LogP contribution in [0.25, 0.3) is 0 Å². The van der Waals surface area contributed by atoms with Gasteiger partial charge in [-0.15, -0.1) is 0 Å². The second-order valence-electron chi connectivity index (χ2n) is 7.77. The second-order valence-corrected chi connectivity index (χ2v) is 10.6. The first-order valence-corrected chi connectivity index (χ1v) is 12.4. The summed E-state index contributed by atoms with van der Waals surface area (Å²) in [5.74, 6) is 0.0650. The van der Waals surface area contributed by atoms with Gasteiger partial charge < -0.3 is 5.32 Å². The standard InChI is InChI=1S/C20H30BrN3O3S/c1-16(20(25)22-18-8-4-2-3-5-9-18)23-11-13-24(14-12-23)28(26,27)19-10-6-7-17(21)15-19/h6-7,10,15-16,18H,2-5,8-9,11-14H2,1H3,(H,22,25). The van der Waals surface area contributed by atoms with E-state index in [-0.39, 0.29) is 18.0 Å². The van der Waals surface area contributed by atoms with E-state index in [1.807, 2.05) is 13.0 Å². The van der Waals surface area contributed by atoms with Crippen LogP contribution in [0.3, 0.4) is 0 Å². The number of hydrogen-bond donors (Lipinski definition) is 1. The smallest absolute Gasteiger partial charge is 0.243 e. The molecular formula is C20H30BrN3O3S. The number of rotatable bonds is 5. The molecule has 0 radical (unpaired) electrons. The molecule has 1 aliphatic heterocycles. The zero-order chi connectivity index (χ0) is 20.1. The third kappa shape index (κ3) is 5.34. The zero-order valence-electron chi connectivity index (χ0n) is 16.4. The largest absolute Gasteiger partial charge is 0.352 e. The Hall–Kier alpha value is -0.960. The number of hydrogen-bond acceptors (Lipinski definition) is 4. The summed E-state index contributed by atoms with van der Waals surface area (Å²) in [5.41, 5.74) is 0. The first-order valence-electron chi connectivity index (χ1n) is 10.2. The van der Waals surface area contributed by atoms with E-state index in [0.717, 1.165) is 17.3 Å². The van der Waals surface area contributed by atoms with Crippen LogP contribution in [0.4, 0.5) is 0 Å². The molecule has 1 amide bonds. The fraction of sp³-hybridized carbons (Fsp3) is 0.650. The van der Waals surface area contributed by atoms with Crippen molar-refractivity contribution in [2.45, 2.75) is 62.4 Å². The number of sulfonamides is 1. The van der Waals surface area contributed by atoms with Crippen LogP contribution in [-0.4, -0.2) is 61.8 Å². The molecule has 1 N–H and O–H groups in total. The van der Waals surface area contributed by atoms with Crippen molar-refractivity contribution in [3.05, 3.63) is 28.7 Å². The molecule has 3 rings (SSSR count). The fourth-order valence-corrected chi connectivity index (χ4v) is 6.04. The number of benzene rings is 1. The van der Waals surface area contributed by atoms with Gasteiger partial charge in [-0.2, -0.15) is 4.31 Å². The molecule has 1 unspecified atom stereocenters. The van der Waals surface area contributed by atoms with Crippen molar-refractivity contribution < 1.29 is 13.2 Å². The fourth-order valence-electron chi connectivity index (χ4n) is 4.02. The van der Waals surface area contributed by atoms with Crippen LogP contribution < -0.4 is 5.32 Å². The minimum atomic E-state index is -3.50. The summed E-state index contributed by atoms with van der Waals surface area (Å²) in [6, 6.07) is 6.84. The van der Waals surface area contributed by atoms with Gasteiger partial charge in [0, 0.05) is 36.7 Å². The highest BCUT2D eigenvalue weighted by Crippen LogP contribution is 2.22. The zero-order valence-corrected chi connectivity index (χ0v) is 18.8. The molecule has 1 saturated carbocycles. The molecule has 1 atom stereocenters. The van der Waals surface area contributed by atoms with Gasteiger partial charge in [0.25, 0.3) is 0 Å². The number of carbonyl (C=O) groups excluding carboxylic acids is 1. The maximum absolute atomic E-state index is 12.9. The first-order chi connectivity index (χ1) is 13.4. The average Bonchev–Trinajstić information content (AvgIpc) is 2.96. The van der Waals surface area contributed by atoms with E-state index in [1.54, 1.807) is 18.2 Å². The molecule has 8 heteroatoms. The lowest BCUT2D eigenvalue weighted by Crippen LogP contribution is -2.55. The Balaban J connectivity index is 1.54. The van der Waals surface area contributed by atoms with Crippen LogP contribution in [0.1, 0.15) is 45.4 Å². The molecule has 1 aromatic carbocycles. The maximum atomic E-state index is 12.9. The summed E-state index contributed by atoms with van der Waals surface area (Å²) in [6.45, 7) is 3.84. The quantitative estimate of drug-likeness (QED) is 0.670. The molecule has 28 heavy (non-hydrogen) atoms. The molecule has 0 spiro atoms. The summed E-state index contributed by atoms with van der Waals surface area (Å²) in [7, 11) is -3.50. The summed E-state index contributed by atoms with van der Waals surface area (Å²) in [6.07, 6.45) is 7.03. The number of nitrogens with one attached hydrogen (secondary N) is 1. The SMILES string of the molecule is CC(C(=O)NC1CCCCCC1)N1CCN(S(=O)(=O)c2cccc(Br)c2)CC1. The van der Waals surface area contributed by atoms with Crippen molar-refractivity contribution in [1.29, 1.82) is 0 Å². The Bertz CT molecular complexity index is 771. The van der Waals surface area contributed by atoms with Gasteiger partial charge in [-0.3, -0.25) is 9.69 Å². The number of carbonyl (C=O) groups is 1. The summed E-state index contributed by atoms with van der Waals surface area (Å²) >= 11 is 3.33. The number of amides is 1. The van der Waals surface area contributed by atoms with Gasteiger partial charge in [0.2, 0.25) is 15.9 Å². The van der Waals surface area contributed by atoms with Crippen molar-refractivity contribution in [1.82, 2.24) is 14.5 Å². The molecular weight excluding hydrogens is 442 g/mol. The van der Waals surface area contributed by atoms with Gasteiger partial charge in [-0.1, -0.05) is 47.7 Å². The average molecular weight is 472 g/mol. The van der Waals surface area contributed by atoms with Gasteiger partial charge in [0.15, 0.2) is 0 Å². The van der Waals surface area contributed by atoms with E-state index in [4.69, 9.17) is 0 Å². The summed E-state index contributed by atoms with van der Waals surface area (Å²) in [4.78, 5) is 15.1. The minimum absolute atomic E-state index is 0.0650. The van der Waals surface area contributed by atoms with Crippen molar-refractivity contribution in [2.24, 2.45) is 0 Å². The molecule has 0 bridgehead atoms. The number of nitrogens with zero attached hydrogens (tertiary/aromatic N) is 2. The van der Waals surface area contributed by atoms with Crippen molar-refractivity contribution >= 4 is 31.9 Å². The van der Waals surface area contributed by atoms with Crippen LogP contribution >= 0.6 is 15.9 Å². The second kappa shape index (κ2) is 9.69. The third-order valence-corrected chi connectivity index (χ3v) is 8.22. The van der Waals surface area contributed by atoms with E-state index >= 15 is 0 Å². The van der Waals surface area contributed by atoms with Crippen LogP contribution in [0.5, 0.6) is 0 Å². The molecule has 1 aliphatic carbocycles. The predicted molar refractivity (Wildman–Crippen MR) is 114 cm³/mol. The van der Waals surface area contributed by atoms with E-state index in [1.165, 1.54) is 30.0 Å². The maximum Gasteiger partial charge on any atom is 0.243 e. The topological polar surface area (TPSA) is 69.7 Å². The molecule has 6 nitrogen and oxygen atoms in total. The Morgan fingerprint density at radius 2 is 1.75 bits per heavy atom. The van der Waals surface area contributed by atoms with Crippen LogP contribution in [0.2, 0.25) is 0 Å². The highest BCUT2D eigenvalue weighted by molar-refractivity contribution is 9.10. The number of halogens is 1. The molecule has 2 aliphatic rings. The number of piperazine rings is 1. The van der Waals surface area contributed by atoms with E-state index in [9.17, 15) is 13.2 Å². The molecule has 1 saturated heterocycles. The summed E-state index contributed by atoms with van der Waals surface area (Å²) < 4.78 is 28.0. The lowest BCUT2D eigenvalue weighted by molar-refractivity contribution is -0.127. The van der Waals surface area contributed by atoms with Crippen LogP contribution in [-0.2, 0) is 14.8 Å². The van der Waals surface area contributed by atoms with Gasteiger partial charge in [0.1, 0.15) is 0 Å². The lowest BCUT2D eigenvalue weighted by Gasteiger charge is -2.37. The Morgan fingerprint density at radius 1 is 1.11 bits per heavy atom. The van der Waals surface area contributed by atoms with Crippen molar-refractivity contribution in [3.63, 3.8) is 0 Å². The highest BCUT2D eigenvalue weighted by Gasteiger charge is 2.32. The van der Waals surface area contributed by atoms with Gasteiger partial charge in [-0.25, -0.2) is 8.42 Å². The van der Waals surface area contributed by atoms with Crippen molar-refractivity contribution in [3.8, 4) is 0 Å². The molecule has 156 valence electrons. The molecule has 2 fully saturated rings. The van der Waals surface area contributed by atoms with Gasteiger partial charge in [-0.05, 0) is 38.0 Å². The van der Waals surface area contributed by atoms with Gasteiger partial charge in [0.05, 0.1) is 10.9 Å². The first kappa shape index (κ1) is 21.7. The molecule has 0 aromatic heterocycles. The van der Waals surface area contributed by atoms with Gasteiger partial charge >= 0.3 is 0 Å². The minimum Gasteiger partial charge on any atom is -0.352 e.